The zero-order valence-electron chi connectivity index (χ0n) is 13.3. The van der Waals surface area contributed by atoms with E-state index in [1.165, 1.54) is 18.4 Å². The number of aromatic nitrogens is 3. The molecule has 0 aliphatic heterocycles. The molecule has 0 aliphatic carbocycles. The molecule has 0 saturated heterocycles. The van der Waals surface area contributed by atoms with E-state index in [2.05, 4.69) is 20.7 Å². The first-order valence-corrected chi connectivity index (χ1v) is 8.06. The SMILES string of the molecule is Cc1nc2cc(NC(=O)NCc3c(C(F)(F)F)cnn3C)ccc2s1. The number of hydrogen-bond donors (Lipinski definition) is 2. The fourth-order valence-corrected chi connectivity index (χ4v) is 3.18. The lowest BCUT2D eigenvalue weighted by atomic mass is 10.2. The van der Waals surface area contributed by atoms with Crippen LogP contribution in [0, 0.1) is 6.92 Å². The summed E-state index contributed by atoms with van der Waals surface area (Å²) in [6.07, 6.45) is -3.78. The van der Waals surface area contributed by atoms with Crippen LogP contribution in [0.15, 0.2) is 24.4 Å². The predicted octanol–water partition coefficient (Wildman–Crippen LogP) is 3.68. The maximum Gasteiger partial charge on any atom is 0.419 e. The number of carbonyl (C=O) groups is 1. The fraction of sp³-hybridized carbons (Fsp3) is 0.267. The van der Waals surface area contributed by atoms with Gasteiger partial charge in [0, 0.05) is 12.7 Å². The second kappa shape index (κ2) is 6.36. The summed E-state index contributed by atoms with van der Waals surface area (Å²) in [6, 6.07) is 4.65. The standard InChI is InChI=1S/C15H14F3N5OS/c1-8-21-11-5-9(3-4-13(11)25-8)22-14(24)19-7-12-10(15(16,17)18)6-20-23(12)2/h3-6H,7H2,1-2H3,(H2,19,22,24). The van der Waals surface area contributed by atoms with Crippen LogP contribution in [-0.4, -0.2) is 20.8 Å². The molecule has 6 nitrogen and oxygen atoms in total. The van der Waals surface area contributed by atoms with Gasteiger partial charge in [0.05, 0.1) is 39.2 Å². The molecule has 25 heavy (non-hydrogen) atoms. The van der Waals surface area contributed by atoms with Crippen molar-refractivity contribution >= 4 is 33.3 Å². The highest BCUT2D eigenvalue weighted by Crippen LogP contribution is 2.31. The van der Waals surface area contributed by atoms with Crippen molar-refractivity contribution in [2.45, 2.75) is 19.6 Å². The predicted molar refractivity (Wildman–Crippen MR) is 88.4 cm³/mol. The molecule has 132 valence electrons. The van der Waals surface area contributed by atoms with Gasteiger partial charge in [-0.15, -0.1) is 11.3 Å². The second-order valence-corrected chi connectivity index (χ2v) is 6.58. The first-order valence-electron chi connectivity index (χ1n) is 7.24. The third-order valence-corrected chi connectivity index (χ3v) is 4.49. The molecule has 1 aromatic carbocycles. The van der Waals surface area contributed by atoms with Gasteiger partial charge in [-0.25, -0.2) is 9.78 Å². The van der Waals surface area contributed by atoms with Crippen molar-refractivity contribution in [3.63, 3.8) is 0 Å². The number of urea groups is 1. The Morgan fingerprint density at radius 3 is 2.84 bits per heavy atom. The lowest BCUT2D eigenvalue weighted by molar-refractivity contribution is -0.138. The molecule has 0 atom stereocenters. The van der Waals surface area contributed by atoms with E-state index in [4.69, 9.17) is 0 Å². The zero-order valence-corrected chi connectivity index (χ0v) is 14.1. The van der Waals surface area contributed by atoms with Crippen molar-refractivity contribution in [3.8, 4) is 0 Å². The maximum atomic E-state index is 12.9. The van der Waals surface area contributed by atoms with Crippen LogP contribution in [0.25, 0.3) is 10.2 Å². The molecular formula is C15H14F3N5OS. The summed E-state index contributed by atoms with van der Waals surface area (Å²) in [5.41, 5.74) is 0.283. The molecule has 2 heterocycles. The van der Waals surface area contributed by atoms with Crippen molar-refractivity contribution in [1.82, 2.24) is 20.1 Å². The van der Waals surface area contributed by atoms with Gasteiger partial charge < -0.3 is 10.6 Å². The van der Waals surface area contributed by atoms with Crippen molar-refractivity contribution in [2.24, 2.45) is 7.05 Å². The normalized spacial score (nSPS) is 11.7. The Bertz CT molecular complexity index is 931. The van der Waals surface area contributed by atoms with E-state index in [-0.39, 0.29) is 12.2 Å². The molecule has 0 spiro atoms. The number of nitrogens with zero attached hydrogens (tertiary/aromatic N) is 3. The number of halogens is 3. The van der Waals surface area contributed by atoms with Crippen LogP contribution in [0.5, 0.6) is 0 Å². The first-order chi connectivity index (χ1) is 11.7. The Balaban J connectivity index is 1.67. The summed E-state index contributed by atoms with van der Waals surface area (Å²) in [7, 11) is 1.39. The summed E-state index contributed by atoms with van der Waals surface area (Å²) >= 11 is 1.54. The van der Waals surface area contributed by atoms with Crippen LogP contribution in [0.2, 0.25) is 0 Å². The smallest absolute Gasteiger partial charge is 0.332 e. The average molecular weight is 369 g/mol. The van der Waals surface area contributed by atoms with Crippen LogP contribution in [-0.2, 0) is 19.8 Å². The molecule has 0 fully saturated rings. The molecule has 0 unspecified atom stereocenters. The summed E-state index contributed by atoms with van der Waals surface area (Å²) in [6.45, 7) is 1.59. The minimum absolute atomic E-state index is 0.117. The molecule has 3 rings (SSSR count). The second-order valence-electron chi connectivity index (χ2n) is 5.35. The largest absolute Gasteiger partial charge is 0.419 e. The van der Waals surface area contributed by atoms with Crippen LogP contribution < -0.4 is 10.6 Å². The van der Waals surface area contributed by atoms with E-state index in [9.17, 15) is 18.0 Å². The zero-order chi connectivity index (χ0) is 18.2. The van der Waals surface area contributed by atoms with Crippen LogP contribution >= 0.6 is 11.3 Å². The van der Waals surface area contributed by atoms with E-state index in [1.807, 2.05) is 13.0 Å². The Hall–Kier alpha value is -2.62. The number of amides is 2. The third kappa shape index (κ3) is 3.73. The summed E-state index contributed by atoms with van der Waals surface area (Å²) < 4.78 is 40.8. The fourth-order valence-electron chi connectivity index (χ4n) is 2.37. The minimum Gasteiger partial charge on any atom is -0.332 e. The van der Waals surface area contributed by atoms with E-state index < -0.39 is 17.8 Å². The summed E-state index contributed by atoms with van der Waals surface area (Å²) in [4.78, 5) is 16.3. The van der Waals surface area contributed by atoms with Gasteiger partial charge in [-0.1, -0.05) is 0 Å². The maximum absolute atomic E-state index is 12.9. The van der Waals surface area contributed by atoms with Gasteiger partial charge in [0.1, 0.15) is 0 Å². The number of alkyl halides is 3. The highest BCUT2D eigenvalue weighted by Gasteiger charge is 2.35. The number of thiazole rings is 1. The minimum atomic E-state index is -4.52. The van der Waals surface area contributed by atoms with Crippen molar-refractivity contribution < 1.29 is 18.0 Å². The lowest BCUT2D eigenvalue weighted by Gasteiger charge is -2.11. The third-order valence-electron chi connectivity index (χ3n) is 3.54. The number of rotatable bonds is 3. The van der Waals surface area contributed by atoms with Gasteiger partial charge in [0.25, 0.3) is 0 Å². The average Bonchev–Trinajstić information content (AvgIpc) is 3.06. The molecule has 0 saturated carbocycles. The summed E-state index contributed by atoms with van der Waals surface area (Å²) in [5.74, 6) is 0. The van der Waals surface area contributed by atoms with E-state index >= 15 is 0 Å². The van der Waals surface area contributed by atoms with E-state index in [1.54, 1.807) is 12.1 Å². The van der Waals surface area contributed by atoms with Gasteiger partial charge in [-0.05, 0) is 25.1 Å². The van der Waals surface area contributed by atoms with Gasteiger partial charge in [-0.2, -0.15) is 18.3 Å². The Kier molecular flexibility index (Phi) is 4.38. The van der Waals surface area contributed by atoms with Crippen molar-refractivity contribution in [1.29, 1.82) is 0 Å². The number of anilines is 1. The Labute approximate surface area is 144 Å². The highest BCUT2D eigenvalue weighted by atomic mass is 32.1. The number of carbonyl (C=O) groups excluding carboxylic acids is 1. The molecule has 2 amide bonds. The highest BCUT2D eigenvalue weighted by molar-refractivity contribution is 7.18. The molecule has 2 aromatic heterocycles. The van der Waals surface area contributed by atoms with E-state index in [0.717, 1.165) is 26.1 Å². The number of fused-ring (bicyclic) bond motifs is 1. The van der Waals surface area contributed by atoms with Gasteiger partial charge in [0.2, 0.25) is 0 Å². The number of hydrogen-bond acceptors (Lipinski definition) is 4. The quantitative estimate of drug-likeness (QED) is 0.740. The first kappa shape index (κ1) is 17.2. The molecular weight excluding hydrogens is 355 g/mol. The van der Waals surface area contributed by atoms with Gasteiger partial charge in [0.15, 0.2) is 0 Å². The van der Waals surface area contributed by atoms with Gasteiger partial charge in [-0.3, -0.25) is 4.68 Å². The number of benzene rings is 1. The number of nitrogens with one attached hydrogen (secondary N) is 2. The molecule has 2 N–H and O–H groups in total. The van der Waals surface area contributed by atoms with Crippen LogP contribution in [0.3, 0.4) is 0 Å². The molecule has 0 radical (unpaired) electrons. The number of aryl methyl sites for hydroxylation is 2. The van der Waals surface area contributed by atoms with Crippen molar-refractivity contribution in [3.05, 3.63) is 40.7 Å². The monoisotopic (exact) mass is 369 g/mol. The lowest BCUT2D eigenvalue weighted by Crippen LogP contribution is -2.30. The molecule has 0 aliphatic rings. The topological polar surface area (TPSA) is 71.8 Å². The Morgan fingerprint density at radius 2 is 2.12 bits per heavy atom. The van der Waals surface area contributed by atoms with E-state index in [0.29, 0.717) is 5.69 Å². The van der Waals surface area contributed by atoms with Crippen LogP contribution in [0.1, 0.15) is 16.3 Å². The molecule has 0 bridgehead atoms. The molecule has 3 aromatic rings. The Morgan fingerprint density at radius 1 is 1.36 bits per heavy atom. The summed E-state index contributed by atoms with van der Waals surface area (Å²) in [5, 5.41) is 9.51. The van der Waals surface area contributed by atoms with Crippen LogP contribution in [0.4, 0.5) is 23.7 Å². The van der Waals surface area contributed by atoms with Gasteiger partial charge >= 0.3 is 12.2 Å². The molecule has 10 heteroatoms. The van der Waals surface area contributed by atoms with Crippen molar-refractivity contribution in [2.75, 3.05) is 5.32 Å².